The number of carbonyl (C=O) groups excluding carboxylic acids is 1. The zero-order valence-electron chi connectivity index (χ0n) is 20.2. The fraction of sp³-hybridized carbons (Fsp3) is 0.333. The van der Waals surface area contributed by atoms with Crippen molar-refractivity contribution in [2.75, 3.05) is 29.9 Å². The summed E-state index contributed by atoms with van der Waals surface area (Å²) in [4.78, 5) is 19.5. The number of anilines is 2. The maximum Gasteiger partial charge on any atom is 0.229 e. The summed E-state index contributed by atoms with van der Waals surface area (Å²) in [7, 11) is 1.90. The summed E-state index contributed by atoms with van der Waals surface area (Å²) in [5.74, 6) is 0.497. The first-order valence-electron chi connectivity index (χ1n) is 12.4. The number of fused-ring (bicyclic) bond motifs is 2. The van der Waals surface area contributed by atoms with E-state index in [0.717, 1.165) is 61.1 Å². The Balaban J connectivity index is 1.24. The normalized spacial score (nSPS) is 17.4. The van der Waals surface area contributed by atoms with Crippen molar-refractivity contribution >= 4 is 40.0 Å². The Labute approximate surface area is 214 Å². The number of piperidine rings is 1. The van der Waals surface area contributed by atoms with E-state index in [9.17, 15) is 4.79 Å². The van der Waals surface area contributed by atoms with Gasteiger partial charge in [-0.1, -0.05) is 35.0 Å². The largest absolute Gasteiger partial charge is 0.367 e. The third kappa shape index (κ3) is 4.42. The van der Waals surface area contributed by atoms with Crippen molar-refractivity contribution < 1.29 is 4.79 Å². The highest BCUT2D eigenvalue weighted by Crippen LogP contribution is 2.37. The molecule has 2 aromatic heterocycles. The molecule has 4 heterocycles. The molecule has 0 spiro atoms. The molecule has 4 aromatic rings. The molecule has 0 bridgehead atoms. The third-order valence-corrected chi connectivity index (χ3v) is 7.51. The van der Waals surface area contributed by atoms with Gasteiger partial charge in [-0.05, 0) is 66.8 Å². The zero-order chi connectivity index (χ0) is 24.6. The molecule has 8 nitrogen and oxygen atoms in total. The lowest BCUT2D eigenvalue weighted by Gasteiger charge is -2.22. The SMILES string of the molecule is Cn1nnc2cc(CN3CCc4ccc(-c5cc(NC(=O)C6CCCNC6)ncc5Cl)cc43)ccc21. The lowest BCUT2D eigenvalue weighted by Crippen LogP contribution is -2.37. The molecule has 1 atom stereocenters. The van der Waals surface area contributed by atoms with E-state index in [1.54, 1.807) is 10.9 Å². The zero-order valence-corrected chi connectivity index (χ0v) is 20.9. The summed E-state index contributed by atoms with van der Waals surface area (Å²) < 4.78 is 1.79. The molecule has 2 aliphatic heterocycles. The standard InChI is InChI=1S/C27H28ClN7O/c1-34-24-7-4-17(11-23(24)32-33-34)16-35-10-8-18-5-6-19(12-25(18)35)21-13-26(30-15-22(21)28)31-27(36)20-3-2-9-29-14-20/h4-7,11-13,15,20,29H,2-3,8-10,14,16H2,1H3,(H,30,31,36). The summed E-state index contributed by atoms with van der Waals surface area (Å²) >= 11 is 6.58. The van der Waals surface area contributed by atoms with E-state index in [2.05, 4.69) is 67.2 Å². The van der Waals surface area contributed by atoms with Crippen LogP contribution in [0.4, 0.5) is 11.5 Å². The minimum atomic E-state index is -0.0330. The third-order valence-electron chi connectivity index (χ3n) is 7.21. The number of hydrogen-bond donors (Lipinski definition) is 2. The number of hydrogen-bond acceptors (Lipinski definition) is 6. The Bertz CT molecular complexity index is 1440. The van der Waals surface area contributed by atoms with Gasteiger partial charge in [0.05, 0.1) is 16.5 Å². The number of nitrogens with zero attached hydrogens (tertiary/aromatic N) is 5. The van der Waals surface area contributed by atoms with E-state index in [-0.39, 0.29) is 11.8 Å². The summed E-state index contributed by atoms with van der Waals surface area (Å²) in [5.41, 5.74) is 7.53. The highest BCUT2D eigenvalue weighted by atomic mass is 35.5. The first kappa shape index (κ1) is 22.9. The van der Waals surface area contributed by atoms with Crippen molar-refractivity contribution in [2.45, 2.75) is 25.8 Å². The second-order valence-electron chi connectivity index (χ2n) is 9.63. The summed E-state index contributed by atoms with van der Waals surface area (Å²) in [6.45, 7) is 3.43. The molecule has 0 radical (unpaired) electrons. The van der Waals surface area contributed by atoms with Gasteiger partial charge in [0.1, 0.15) is 11.3 Å². The predicted molar refractivity (Wildman–Crippen MR) is 142 cm³/mol. The van der Waals surface area contributed by atoms with Crippen LogP contribution in [0.3, 0.4) is 0 Å². The predicted octanol–water partition coefficient (Wildman–Crippen LogP) is 4.18. The monoisotopic (exact) mass is 501 g/mol. The Kier molecular flexibility index (Phi) is 6.07. The van der Waals surface area contributed by atoms with E-state index in [4.69, 9.17) is 11.6 Å². The Morgan fingerprint density at radius 2 is 2.14 bits per heavy atom. The molecule has 1 unspecified atom stereocenters. The van der Waals surface area contributed by atoms with Gasteiger partial charge < -0.3 is 15.5 Å². The lowest BCUT2D eigenvalue weighted by atomic mass is 9.99. The van der Waals surface area contributed by atoms with E-state index in [1.165, 1.54) is 16.8 Å². The fourth-order valence-electron chi connectivity index (χ4n) is 5.21. The molecule has 6 rings (SSSR count). The summed E-state index contributed by atoms with van der Waals surface area (Å²) in [6, 6.07) is 14.7. The Hall–Kier alpha value is -3.49. The van der Waals surface area contributed by atoms with Gasteiger partial charge in [-0.25, -0.2) is 9.67 Å². The summed E-state index contributed by atoms with van der Waals surface area (Å²) in [6.07, 6.45) is 4.52. The van der Waals surface area contributed by atoms with Gasteiger partial charge in [-0.3, -0.25) is 4.79 Å². The van der Waals surface area contributed by atoms with Crippen molar-refractivity contribution in [3.8, 4) is 11.1 Å². The topological polar surface area (TPSA) is 88.0 Å². The van der Waals surface area contributed by atoms with Crippen LogP contribution < -0.4 is 15.5 Å². The van der Waals surface area contributed by atoms with Crippen LogP contribution in [0.2, 0.25) is 5.02 Å². The molecule has 36 heavy (non-hydrogen) atoms. The molecular weight excluding hydrogens is 474 g/mol. The number of aryl methyl sites for hydroxylation is 1. The molecule has 184 valence electrons. The molecule has 1 fully saturated rings. The maximum atomic E-state index is 12.7. The summed E-state index contributed by atoms with van der Waals surface area (Å²) in [5, 5.41) is 15.2. The van der Waals surface area contributed by atoms with Crippen molar-refractivity contribution in [2.24, 2.45) is 13.0 Å². The second-order valence-corrected chi connectivity index (χ2v) is 10.0. The highest BCUT2D eigenvalue weighted by molar-refractivity contribution is 6.33. The smallest absolute Gasteiger partial charge is 0.229 e. The average Bonchev–Trinajstić information content (AvgIpc) is 3.48. The molecule has 2 N–H and O–H groups in total. The van der Waals surface area contributed by atoms with Crippen molar-refractivity contribution in [1.29, 1.82) is 0 Å². The number of aromatic nitrogens is 4. The number of pyridine rings is 1. The minimum absolute atomic E-state index is 0.00294. The van der Waals surface area contributed by atoms with Gasteiger partial charge in [-0.2, -0.15) is 0 Å². The first-order valence-corrected chi connectivity index (χ1v) is 12.8. The Morgan fingerprint density at radius 1 is 1.22 bits per heavy atom. The Morgan fingerprint density at radius 3 is 3.00 bits per heavy atom. The van der Waals surface area contributed by atoms with E-state index >= 15 is 0 Å². The van der Waals surface area contributed by atoms with Crippen LogP contribution in [0.15, 0.2) is 48.7 Å². The molecule has 0 saturated carbocycles. The van der Waals surface area contributed by atoms with Gasteiger partial charge in [0.25, 0.3) is 0 Å². The van der Waals surface area contributed by atoms with Crippen molar-refractivity contribution in [3.05, 3.63) is 64.8 Å². The van der Waals surface area contributed by atoms with Gasteiger partial charge in [0.2, 0.25) is 5.91 Å². The van der Waals surface area contributed by atoms with Crippen LogP contribution in [0.1, 0.15) is 24.0 Å². The molecule has 1 saturated heterocycles. The number of halogens is 1. The fourth-order valence-corrected chi connectivity index (χ4v) is 5.43. The van der Waals surface area contributed by atoms with Crippen LogP contribution in [-0.2, 0) is 24.8 Å². The number of amides is 1. The van der Waals surface area contributed by atoms with Crippen LogP contribution in [-0.4, -0.2) is 45.5 Å². The number of benzene rings is 2. The van der Waals surface area contributed by atoms with Gasteiger partial charge in [0.15, 0.2) is 0 Å². The molecular formula is C27H28ClN7O. The van der Waals surface area contributed by atoms with E-state index in [1.807, 2.05) is 13.1 Å². The van der Waals surface area contributed by atoms with Crippen molar-refractivity contribution in [1.82, 2.24) is 25.3 Å². The van der Waals surface area contributed by atoms with Crippen LogP contribution in [0.25, 0.3) is 22.2 Å². The first-order chi connectivity index (χ1) is 17.5. The van der Waals surface area contributed by atoms with Gasteiger partial charge in [-0.15, -0.1) is 5.10 Å². The van der Waals surface area contributed by atoms with Gasteiger partial charge in [0, 0.05) is 44.1 Å². The second kappa shape index (κ2) is 9.52. The molecule has 9 heteroatoms. The molecule has 2 aliphatic rings. The number of nitrogens with one attached hydrogen (secondary N) is 2. The number of rotatable bonds is 5. The average molecular weight is 502 g/mol. The maximum absolute atomic E-state index is 12.7. The van der Waals surface area contributed by atoms with E-state index < -0.39 is 0 Å². The number of carbonyl (C=O) groups is 1. The molecule has 1 amide bonds. The lowest BCUT2D eigenvalue weighted by molar-refractivity contribution is -0.120. The minimum Gasteiger partial charge on any atom is -0.367 e. The van der Waals surface area contributed by atoms with Crippen molar-refractivity contribution in [3.63, 3.8) is 0 Å². The highest BCUT2D eigenvalue weighted by Gasteiger charge is 2.23. The van der Waals surface area contributed by atoms with E-state index in [0.29, 0.717) is 17.4 Å². The van der Waals surface area contributed by atoms with Gasteiger partial charge >= 0.3 is 0 Å². The van der Waals surface area contributed by atoms with Crippen LogP contribution in [0.5, 0.6) is 0 Å². The molecule has 0 aliphatic carbocycles. The molecule has 2 aromatic carbocycles. The van der Waals surface area contributed by atoms with Crippen LogP contribution >= 0.6 is 11.6 Å². The van der Waals surface area contributed by atoms with Crippen LogP contribution in [0, 0.1) is 5.92 Å². The quantitative estimate of drug-likeness (QED) is 0.426.